The van der Waals surface area contributed by atoms with Crippen LogP contribution in [0.4, 0.5) is 0 Å². The second kappa shape index (κ2) is 10.9. The number of unbranched alkanes of at least 4 members (excludes halogenated alkanes) is 2. The molecule has 0 radical (unpaired) electrons. The van der Waals surface area contributed by atoms with Gasteiger partial charge in [0.05, 0.1) is 11.7 Å². The van der Waals surface area contributed by atoms with Crippen LogP contribution in [0.25, 0.3) is 17.5 Å². The molecule has 0 bridgehead atoms. The molecule has 3 rings (SSSR count). The van der Waals surface area contributed by atoms with Crippen LogP contribution in [0.15, 0.2) is 12.1 Å². The second-order valence-corrected chi connectivity index (χ2v) is 11.4. The summed E-state index contributed by atoms with van der Waals surface area (Å²) in [6.07, 6.45) is 10.2. The first-order valence-electron chi connectivity index (χ1n) is 12.9. The zero-order valence-corrected chi connectivity index (χ0v) is 22.2. The molecule has 6 nitrogen and oxygen atoms in total. The summed E-state index contributed by atoms with van der Waals surface area (Å²) in [6.45, 7) is 13.0. The maximum absolute atomic E-state index is 13.0. The standard InChI is InChI=1S/C28H44N4O2/c1-8-9-10-11-18(2)26(33)27(34)32(7)21-13-12-20-16-24(29-23(20)17-21)25-22(19(3)30-31-25)14-15-28(4,5)6/h12-13,16,18,21,26,29,33H,8-11,14-15,17H2,1-7H3,(H,30,31)/t18?,21?,26-/m0/s1. The summed E-state index contributed by atoms with van der Waals surface area (Å²) in [5.41, 5.74) is 6.90. The fourth-order valence-corrected chi connectivity index (χ4v) is 4.69. The molecule has 0 saturated heterocycles. The van der Waals surface area contributed by atoms with Crippen molar-refractivity contribution in [3.05, 3.63) is 34.7 Å². The fraction of sp³-hybridized carbons (Fsp3) is 0.643. The normalized spacial score (nSPS) is 17.5. The molecule has 1 aliphatic rings. The Morgan fingerprint density at radius 3 is 2.74 bits per heavy atom. The van der Waals surface area contributed by atoms with Gasteiger partial charge in [-0.1, -0.05) is 66.0 Å². The van der Waals surface area contributed by atoms with Crippen LogP contribution in [0.3, 0.4) is 0 Å². The number of rotatable bonds is 10. The summed E-state index contributed by atoms with van der Waals surface area (Å²) in [6, 6.07) is 2.08. The Labute approximate surface area is 205 Å². The Morgan fingerprint density at radius 1 is 1.32 bits per heavy atom. The van der Waals surface area contributed by atoms with E-state index in [-0.39, 0.29) is 23.3 Å². The van der Waals surface area contributed by atoms with Crippen molar-refractivity contribution < 1.29 is 9.90 Å². The van der Waals surface area contributed by atoms with Crippen molar-refractivity contribution >= 4 is 12.0 Å². The highest BCUT2D eigenvalue weighted by atomic mass is 16.3. The van der Waals surface area contributed by atoms with Crippen molar-refractivity contribution in [1.82, 2.24) is 20.1 Å². The number of nitrogens with zero attached hydrogens (tertiary/aromatic N) is 2. The number of hydrogen-bond donors (Lipinski definition) is 3. The number of hydrogen-bond acceptors (Lipinski definition) is 3. The molecule has 1 aliphatic carbocycles. The van der Waals surface area contributed by atoms with Crippen LogP contribution in [-0.4, -0.2) is 50.3 Å². The smallest absolute Gasteiger partial charge is 0.251 e. The molecule has 34 heavy (non-hydrogen) atoms. The molecule has 2 unspecified atom stereocenters. The van der Waals surface area contributed by atoms with Crippen molar-refractivity contribution in [2.24, 2.45) is 11.3 Å². The second-order valence-electron chi connectivity index (χ2n) is 11.4. The third-order valence-electron chi connectivity index (χ3n) is 7.20. The van der Waals surface area contributed by atoms with E-state index >= 15 is 0 Å². The van der Waals surface area contributed by atoms with E-state index in [9.17, 15) is 9.90 Å². The third-order valence-corrected chi connectivity index (χ3v) is 7.20. The maximum Gasteiger partial charge on any atom is 0.251 e. The Morgan fingerprint density at radius 2 is 2.06 bits per heavy atom. The zero-order chi connectivity index (χ0) is 25.0. The predicted molar refractivity (Wildman–Crippen MR) is 139 cm³/mol. The molecule has 3 atom stereocenters. The number of carbonyl (C=O) groups is 1. The molecule has 3 N–H and O–H groups in total. The van der Waals surface area contributed by atoms with E-state index in [4.69, 9.17) is 0 Å². The summed E-state index contributed by atoms with van der Waals surface area (Å²) in [5.74, 6) is -0.225. The number of aliphatic hydroxyl groups is 1. The number of nitrogens with one attached hydrogen (secondary N) is 2. The van der Waals surface area contributed by atoms with Gasteiger partial charge in [-0.2, -0.15) is 5.10 Å². The minimum absolute atomic E-state index is 0.0313. The van der Waals surface area contributed by atoms with Crippen LogP contribution >= 0.6 is 0 Å². The van der Waals surface area contributed by atoms with E-state index in [1.165, 1.54) is 5.56 Å². The van der Waals surface area contributed by atoms with Crippen LogP contribution in [0.5, 0.6) is 0 Å². The van der Waals surface area contributed by atoms with Gasteiger partial charge >= 0.3 is 0 Å². The van der Waals surface area contributed by atoms with Gasteiger partial charge in [-0.3, -0.25) is 9.89 Å². The molecule has 0 aliphatic heterocycles. The number of aromatic amines is 2. The van der Waals surface area contributed by atoms with E-state index < -0.39 is 6.10 Å². The molecule has 188 valence electrons. The number of likely N-dealkylation sites (N-methyl/N-ethyl adjacent to an activating group) is 1. The van der Waals surface area contributed by atoms with Crippen LogP contribution in [0.1, 0.15) is 89.2 Å². The molecule has 2 aromatic heterocycles. The molecule has 2 heterocycles. The van der Waals surface area contributed by atoms with Crippen molar-refractivity contribution in [2.45, 2.75) is 98.6 Å². The summed E-state index contributed by atoms with van der Waals surface area (Å²) < 4.78 is 0. The first-order valence-corrected chi connectivity index (χ1v) is 12.9. The Hall–Kier alpha value is -2.34. The van der Waals surface area contributed by atoms with Gasteiger partial charge in [-0.15, -0.1) is 0 Å². The van der Waals surface area contributed by atoms with Crippen LogP contribution in [0, 0.1) is 18.3 Å². The van der Waals surface area contributed by atoms with Gasteiger partial charge in [0.25, 0.3) is 5.91 Å². The van der Waals surface area contributed by atoms with Crippen LogP contribution < -0.4 is 0 Å². The lowest BCUT2D eigenvalue weighted by atomic mass is 9.88. The average Bonchev–Trinajstić information content (AvgIpc) is 3.37. The van der Waals surface area contributed by atoms with Gasteiger partial charge in [-0.05, 0) is 49.1 Å². The Kier molecular flexibility index (Phi) is 8.45. The number of amides is 1. The summed E-state index contributed by atoms with van der Waals surface area (Å²) >= 11 is 0. The van der Waals surface area contributed by atoms with Crippen molar-refractivity contribution in [2.75, 3.05) is 7.05 Å². The highest BCUT2D eigenvalue weighted by molar-refractivity contribution is 5.81. The monoisotopic (exact) mass is 468 g/mol. The predicted octanol–water partition coefficient (Wildman–Crippen LogP) is 5.67. The number of aryl methyl sites for hydroxylation is 1. The first-order chi connectivity index (χ1) is 16.0. The Bertz CT molecular complexity index is 995. The van der Waals surface area contributed by atoms with Gasteiger partial charge in [0.15, 0.2) is 0 Å². The molecule has 0 fully saturated rings. The van der Waals surface area contributed by atoms with Crippen molar-refractivity contribution in [3.63, 3.8) is 0 Å². The van der Waals surface area contributed by atoms with Gasteiger partial charge in [-0.25, -0.2) is 0 Å². The van der Waals surface area contributed by atoms with Gasteiger partial charge in [0, 0.05) is 30.4 Å². The van der Waals surface area contributed by atoms with Gasteiger partial charge in [0.2, 0.25) is 0 Å². The molecule has 0 saturated carbocycles. The van der Waals surface area contributed by atoms with E-state index in [1.807, 2.05) is 6.92 Å². The zero-order valence-electron chi connectivity index (χ0n) is 22.2. The number of carbonyl (C=O) groups excluding carboxylic acids is 1. The topological polar surface area (TPSA) is 85.0 Å². The largest absolute Gasteiger partial charge is 0.383 e. The van der Waals surface area contributed by atoms with Gasteiger partial charge in [0.1, 0.15) is 11.8 Å². The maximum atomic E-state index is 13.0. The number of aromatic nitrogens is 3. The fourth-order valence-electron chi connectivity index (χ4n) is 4.69. The Balaban J connectivity index is 1.70. The first kappa shape index (κ1) is 26.3. The highest BCUT2D eigenvalue weighted by Gasteiger charge is 2.30. The molecule has 0 spiro atoms. The minimum atomic E-state index is -0.951. The van der Waals surface area contributed by atoms with E-state index in [1.54, 1.807) is 11.9 Å². The lowest BCUT2D eigenvalue weighted by Crippen LogP contribution is -2.45. The summed E-state index contributed by atoms with van der Waals surface area (Å²) in [7, 11) is 1.80. The molecular formula is C28H44N4O2. The number of aliphatic hydroxyl groups excluding tert-OH is 1. The number of H-pyrrole nitrogens is 2. The van der Waals surface area contributed by atoms with Crippen molar-refractivity contribution in [3.8, 4) is 11.4 Å². The van der Waals surface area contributed by atoms with Crippen molar-refractivity contribution in [1.29, 1.82) is 0 Å². The SMILES string of the molecule is CCCCCC(C)[C@H](O)C(=O)N(C)C1C=Cc2cc(-c3n[nH]c(C)c3CCC(C)(C)C)[nH]c2C1. The molecule has 2 aromatic rings. The quantitative estimate of drug-likeness (QED) is 0.393. The molecule has 0 aromatic carbocycles. The number of fused-ring (bicyclic) bond motifs is 1. The molecule has 6 heteroatoms. The lowest BCUT2D eigenvalue weighted by Gasteiger charge is -2.31. The lowest BCUT2D eigenvalue weighted by molar-refractivity contribution is -0.142. The molecule has 1 amide bonds. The summed E-state index contributed by atoms with van der Waals surface area (Å²) in [5, 5.41) is 18.4. The average molecular weight is 469 g/mol. The van der Waals surface area contributed by atoms with Crippen LogP contribution in [-0.2, 0) is 17.6 Å². The molecular weight excluding hydrogens is 424 g/mol. The van der Waals surface area contributed by atoms with E-state index in [2.05, 4.69) is 68.0 Å². The van der Waals surface area contributed by atoms with E-state index in [0.717, 1.165) is 66.9 Å². The highest BCUT2D eigenvalue weighted by Crippen LogP contribution is 2.32. The van der Waals surface area contributed by atoms with Gasteiger partial charge < -0.3 is 15.0 Å². The van der Waals surface area contributed by atoms with Crippen LogP contribution in [0.2, 0.25) is 0 Å². The van der Waals surface area contributed by atoms with E-state index in [0.29, 0.717) is 6.42 Å². The summed E-state index contributed by atoms with van der Waals surface area (Å²) in [4.78, 5) is 18.3. The third kappa shape index (κ3) is 6.21. The minimum Gasteiger partial charge on any atom is -0.383 e.